The second kappa shape index (κ2) is 11.3. The molecule has 1 aliphatic heterocycles. The fourth-order valence-electron chi connectivity index (χ4n) is 5.32. The fourth-order valence-corrected chi connectivity index (χ4v) is 5.32. The van der Waals surface area contributed by atoms with E-state index in [4.69, 9.17) is 9.84 Å². The average molecular weight is 582 g/mol. The van der Waals surface area contributed by atoms with Crippen LogP contribution >= 0.6 is 0 Å². The molecule has 12 heteroatoms. The Bertz CT molecular complexity index is 1660. The molecule has 1 N–H and O–H groups in total. The van der Waals surface area contributed by atoms with E-state index >= 15 is 0 Å². The molecule has 0 atom stereocenters. The van der Waals surface area contributed by atoms with Crippen molar-refractivity contribution in [3.05, 3.63) is 88.3 Å². The Labute approximate surface area is 240 Å². The van der Waals surface area contributed by atoms with Gasteiger partial charge in [-0.25, -0.2) is 9.78 Å². The molecule has 4 aromatic rings. The number of aromatic nitrogens is 4. The molecule has 0 saturated heterocycles. The summed E-state index contributed by atoms with van der Waals surface area (Å²) >= 11 is 0. The van der Waals surface area contributed by atoms with Crippen molar-refractivity contribution in [2.45, 2.75) is 46.0 Å². The number of hydrogen-bond donors (Lipinski definition) is 1. The first-order chi connectivity index (χ1) is 19.9. The SMILES string of the molecule is CCc1ccc(OCC(=O)O)c(CN2CCc3c(cc(Cn4ccnc4C)cc3-c3cn(C)nc3C(F)(F)F)C2=O)c1. The Balaban J connectivity index is 1.57. The van der Waals surface area contributed by atoms with Crippen molar-refractivity contribution in [3.63, 3.8) is 0 Å². The molecule has 5 rings (SSSR count). The number of aliphatic carboxylic acids is 1. The lowest BCUT2D eigenvalue weighted by Gasteiger charge is -2.31. The van der Waals surface area contributed by atoms with E-state index in [1.807, 2.05) is 30.5 Å². The second-order valence-corrected chi connectivity index (χ2v) is 10.3. The number of carbonyl (C=O) groups is 2. The number of halogens is 3. The lowest BCUT2D eigenvalue weighted by molar-refractivity contribution is -0.141. The summed E-state index contributed by atoms with van der Waals surface area (Å²) in [7, 11) is 1.44. The number of rotatable bonds is 9. The maximum Gasteiger partial charge on any atom is 0.435 e. The number of fused-ring (bicyclic) bond motifs is 1. The van der Waals surface area contributed by atoms with Crippen LogP contribution < -0.4 is 4.74 Å². The van der Waals surface area contributed by atoms with Gasteiger partial charge in [-0.1, -0.05) is 19.1 Å². The van der Waals surface area contributed by atoms with E-state index in [9.17, 15) is 22.8 Å². The number of nitrogens with zero attached hydrogens (tertiary/aromatic N) is 5. The monoisotopic (exact) mass is 581 g/mol. The molecular weight excluding hydrogens is 551 g/mol. The van der Waals surface area contributed by atoms with Crippen LogP contribution in [0.1, 0.15) is 51.1 Å². The standard InChI is InChI=1S/C30H30F3N5O4/c1-4-19-5-6-26(42-17-27(39)40)21(11-19)15-38-9-7-22-23(25-16-36(3)35-28(25)30(31,32)33)12-20(13-24(22)29(38)41)14-37-10-8-34-18(37)2/h5-6,8,10-13,16H,4,7,9,14-15,17H2,1-3H3,(H,39,40). The van der Waals surface area contributed by atoms with Gasteiger partial charge < -0.3 is 19.3 Å². The Hall–Kier alpha value is -4.61. The molecule has 9 nitrogen and oxygen atoms in total. The van der Waals surface area contributed by atoms with Crippen molar-refractivity contribution in [3.8, 4) is 16.9 Å². The highest BCUT2D eigenvalue weighted by Crippen LogP contribution is 2.40. The van der Waals surface area contributed by atoms with Crippen molar-refractivity contribution < 1.29 is 32.6 Å². The van der Waals surface area contributed by atoms with E-state index in [0.29, 0.717) is 46.5 Å². The molecule has 0 bridgehead atoms. The van der Waals surface area contributed by atoms with Gasteiger partial charge in [-0.05, 0) is 60.2 Å². The fraction of sp³-hybridized carbons (Fsp3) is 0.333. The number of carboxylic acid groups (broad SMARTS) is 1. The molecule has 0 fully saturated rings. The van der Waals surface area contributed by atoms with Crippen LogP contribution in [0.3, 0.4) is 0 Å². The van der Waals surface area contributed by atoms with Gasteiger partial charge in [0.05, 0.1) is 0 Å². The average Bonchev–Trinajstić information content (AvgIpc) is 3.54. The van der Waals surface area contributed by atoms with Gasteiger partial charge in [0.25, 0.3) is 5.91 Å². The molecule has 1 aliphatic rings. The summed E-state index contributed by atoms with van der Waals surface area (Å²) in [5.41, 5.74) is 2.40. The number of ether oxygens (including phenoxy) is 1. The van der Waals surface area contributed by atoms with Gasteiger partial charge in [-0.2, -0.15) is 18.3 Å². The molecule has 0 radical (unpaired) electrons. The van der Waals surface area contributed by atoms with Crippen molar-refractivity contribution in [1.29, 1.82) is 0 Å². The maximum absolute atomic E-state index is 14.0. The number of benzene rings is 2. The zero-order valence-corrected chi connectivity index (χ0v) is 23.4. The van der Waals surface area contributed by atoms with Gasteiger partial charge in [-0.15, -0.1) is 0 Å². The van der Waals surface area contributed by atoms with Gasteiger partial charge in [-0.3, -0.25) is 9.48 Å². The minimum absolute atomic E-state index is 0.0771. The highest BCUT2D eigenvalue weighted by Gasteiger charge is 2.39. The van der Waals surface area contributed by atoms with Crippen molar-refractivity contribution in [2.24, 2.45) is 7.05 Å². The van der Waals surface area contributed by atoms with Crippen molar-refractivity contribution in [2.75, 3.05) is 13.2 Å². The molecule has 2 aromatic carbocycles. The van der Waals surface area contributed by atoms with Gasteiger partial charge >= 0.3 is 12.1 Å². The first kappa shape index (κ1) is 28.9. The van der Waals surface area contributed by atoms with E-state index < -0.39 is 24.4 Å². The molecule has 0 spiro atoms. The summed E-state index contributed by atoms with van der Waals surface area (Å²) in [4.78, 5) is 30.9. The largest absolute Gasteiger partial charge is 0.482 e. The van der Waals surface area contributed by atoms with Crippen LogP contribution in [0.4, 0.5) is 13.2 Å². The summed E-state index contributed by atoms with van der Waals surface area (Å²) in [6, 6.07) is 8.87. The lowest BCUT2D eigenvalue weighted by atomic mass is 9.88. The summed E-state index contributed by atoms with van der Waals surface area (Å²) in [6.07, 6.45) is 1.12. The van der Waals surface area contributed by atoms with E-state index in [-0.39, 0.29) is 24.6 Å². The summed E-state index contributed by atoms with van der Waals surface area (Å²) in [6.45, 7) is 4.01. The first-order valence-corrected chi connectivity index (χ1v) is 13.4. The molecule has 2 aromatic heterocycles. The van der Waals surface area contributed by atoms with Crippen LogP contribution in [-0.2, 0) is 43.9 Å². The van der Waals surface area contributed by atoms with Crippen molar-refractivity contribution in [1.82, 2.24) is 24.2 Å². The minimum Gasteiger partial charge on any atom is -0.482 e. The number of aryl methyl sites for hydroxylation is 3. The first-order valence-electron chi connectivity index (χ1n) is 13.4. The van der Waals surface area contributed by atoms with Crippen LogP contribution in [0.25, 0.3) is 11.1 Å². The predicted octanol–water partition coefficient (Wildman–Crippen LogP) is 4.88. The number of alkyl halides is 3. The number of imidazole rings is 1. The van der Waals surface area contributed by atoms with Crippen molar-refractivity contribution >= 4 is 11.9 Å². The quantitative estimate of drug-likeness (QED) is 0.302. The third-order valence-electron chi connectivity index (χ3n) is 7.37. The Morgan fingerprint density at radius 3 is 2.52 bits per heavy atom. The van der Waals surface area contributed by atoms with Crippen LogP contribution in [0.15, 0.2) is 48.9 Å². The van der Waals surface area contributed by atoms with E-state index in [2.05, 4.69) is 10.1 Å². The number of amides is 1. The number of carboxylic acids is 1. The molecule has 0 unspecified atom stereocenters. The smallest absolute Gasteiger partial charge is 0.435 e. The molecule has 1 amide bonds. The predicted molar refractivity (Wildman–Crippen MR) is 147 cm³/mol. The molecule has 42 heavy (non-hydrogen) atoms. The van der Waals surface area contributed by atoms with Crippen LogP contribution in [-0.4, -0.2) is 54.4 Å². The van der Waals surface area contributed by atoms with Gasteiger partial charge in [0.1, 0.15) is 11.6 Å². The summed E-state index contributed by atoms with van der Waals surface area (Å²) in [5.74, 6) is -0.358. The van der Waals surface area contributed by atoms with Crippen LogP contribution in [0.5, 0.6) is 5.75 Å². The van der Waals surface area contributed by atoms with Gasteiger partial charge in [0.2, 0.25) is 0 Å². The Morgan fingerprint density at radius 2 is 1.86 bits per heavy atom. The van der Waals surface area contributed by atoms with E-state index in [0.717, 1.165) is 22.5 Å². The molecule has 0 aliphatic carbocycles. The Morgan fingerprint density at radius 1 is 1.10 bits per heavy atom. The zero-order valence-electron chi connectivity index (χ0n) is 23.4. The van der Waals surface area contributed by atoms with Crippen LogP contribution in [0, 0.1) is 6.92 Å². The van der Waals surface area contributed by atoms with E-state index in [1.165, 1.54) is 13.2 Å². The summed E-state index contributed by atoms with van der Waals surface area (Å²) < 4.78 is 50.5. The third kappa shape index (κ3) is 5.88. The maximum atomic E-state index is 14.0. The highest BCUT2D eigenvalue weighted by atomic mass is 19.4. The third-order valence-corrected chi connectivity index (χ3v) is 7.37. The summed E-state index contributed by atoms with van der Waals surface area (Å²) in [5, 5.41) is 12.8. The topological polar surface area (TPSA) is 102 Å². The second-order valence-electron chi connectivity index (χ2n) is 10.3. The van der Waals surface area contributed by atoms with Crippen LogP contribution in [0.2, 0.25) is 0 Å². The van der Waals surface area contributed by atoms with Gasteiger partial charge in [0.15, 0.2) is 12.3 Å². The number of hydrogen-bond acceptors (Lipinski definition) is 5. The number of carbonyl (C=O) groups excluding carboxylic acids is 1. The molecular formula is C30H30F3N5O4. The van der Waals surface area contributed by atoms with Gasteiger partial charge in [0, 0.05) is 62.0 Å². The van der Waals surface area contributed by atoms with E-state index in [1.54, 1.807) is 35.5 Å². The normalized spacial score (nSPS) is 13.4. The highest BCUT2D eigenvalue weighted by molar-refractivity contribution is 5.99. The molecule has 3 heterocycles. The zero-order chi connectivity index (χ0) is 30.2. The molecule has 0 saturated carbocycles. The lowest BCUT2D eigenvalue weighted by Crippen LogP contribution is -2.37. The Kier molecular flexibility index (Phi) is 7.81. The minimum atomic E-state index is -4.68. The molecule has 220 valence electrons.